The number of hydrogen-bond donors (Lipinski definition) is 7. The summed E-state index contributed by atoms with van der Waals surface area (Å²) in [7, 11) is 1.57. The molecule has 0 bridgehead atoms. The summed E-state index contributed by atoms with van der Waals surface area (Å²) in [6, 6.07) is 4.76. The van der Waals surface area contributed by atoms with Crippen LogP contribution in [0.3, 0.4) is 0 Å². The van der Waals surface area contributed by atoms with Crippen molar-refractivity contribution in [2.24, 2.45) is 0 Å². The number of anilines is 1. The predicted octanol–water partition coefficient (Wildman–Crippen LogP) is -0.937. The minimum Gasteiger partial charge on any atom is -0.461 e. The first-order valence-electron chi connectivity index (χ1n) is 10.0. The van der Waals surface area contributed by atoms with Crippen LogP contribution >= 0.6 is 11.6 Å². The number of likely N-dealkylation sites (N-methyl/N-ethyl adjacent to an activating group) is 2. The van der Waals surface area contributed by atoms with Crippen LogP contribution in [0.1, 0.15) is 24.2 Å². The number of halogens is 1. The van der Waals surface area contributed by atoms with Gasteiger partial charge in [-0.3, -0.25) is 0 Å². The number of ether oxygens (including phenoxy) is 1. The second-order valence-corrected chi connectivity index (χ2v) is 7.17. The molecule has 0 radical (unpaired) electrons. The zero-order valence-electron chi connectivity index (χ0n) is 18.2. The summed E-state index contributed by atoms with van der Waals surface area (Å²) in [5, 5.41) is 47.8. The van der Waals surface area contributed by atoms with Crippen molar-refractivity contribution in [3.8, 4) is 0 Å². The number of hydrogen-bond acceptors (Lipinski definition) is 10. The van der Waals surface area contributed by atoms with E-state index in [0.29, 0.717) is 22.9 Å². The molecule has 0 aromatic heterocycles. The maximum absolute atomic E-state index is 11.8. The zero-order chi connectivity index (χ0) is 24.0. The van der Waals surface area contributed by atoms with Crippen molar-refractivity contribution in [2.75, 3.05) is 52.2 Å². The molecule has 1 rings (SSSR count). The molecule has 0 unspecified atom stereocenters. The average Bonchev–Trinajstić information content (AvgIpc) is 2.75. The molecule has 11 heteroatoms. The highest BCUT2D eigenvalue weighted by Crippen LogP contribution is 2.19. The number of aliphatic hydroxyl groups is 5. The Morgan fingerprint density at radius 3 is 2.23 bits per heavy atom. The fourth-order valence-corrected chi connectivity index (χ4v) is 2.74. The minimum absolute atomic E-state index is 0.0936. The van der Waals surface area contributed by atoms with E-state index in [0.717, 1.165) is 19.6 Å². The number of nitrogens with zero attached hydrogens (tertiary/aromatic N) is 1. The van der Waals surface area contributed by atoms with Gasteiger partial charge in [-0.05, 0) is 38.3 Å². The number of aliphatic hydroxyl groups excluding tert-OH is 5. The highest BCUT2D eigenvalue weighted by Gasteiger charge is 2.29. The molecule has 1 aromatic rings. The van der Waals surface area contributed by atoms with Gasteiger partial charge in [-0.15, -0.1) is 0 Å². The first kappa shape index (κ1) is 29.5. The molecule has 0 amide bonds. The smallest absolute Gasteiger partial charge is 0.339 e. The van der Waals surface area contributed by atoms with E-state index in [-0.39, 0.29) is 6.54 Å². The lowest BCUT2D eigenvalue weighted by Gasteiger charge is -2.25. The quantitative estimate of drug-likeness (QED) is 0.151. The van der Waals surface area contributed by atoms with Crippen LogP contribution < -0.4 is 11.1 Å². The number of nitrogen functional groups attached to an aromatic ring is 1. The summed E-state index contributed by atoms with van der Waals surface area (Å²) >= 11 is 5.93. The number of rotatable bonds is 12. The third-order valence-electron chi connectivity index (χ3n) is 4.49. The molecule has 8 N–H and O–H groups in total. The third-order valence-corrected chi connectivity index (χ3v) is 4.80. The van der Waals surface area contributed by atoms with Gasteiger partial charge in [-0.1, -0.05) is 25.4 Å². The number of carbonyl (C=O) groups excluding carboxylic acids is 1. The van der Waals surface area contributed by atoms with E-state index < -0.39 is 37.0 Å². The molecule has 0 aliphatic rings. The molecule has 180 valence electrons. The van der Waals surface area contributed by atoms with Gasteiger partial charge in [-0.25, -0.2) is 4.79 Å². The highest BCUT2D eigenvalue weighted by molar-refractivity contribution is 6.33. The first-order valence-corrected chi connectivity index (χ1v) is 10.4. The summed E-state index contributed by atoms with van der Waals surface area (Å²) in [6.07, 6.45) is -5.65. The average molecular weight is 466 g/mol. The Morgan fingerprint density at radius 2 is 1.74 bits per heavy atom. The number of esters is 1. The number of benzene rings is 1. The summed E-state index contributed by atoms with van der Waals surface area (Å²) in [6.45, 7) is 6.55. The molecule has 1 aromatic carbocycles. The lowest BCUT2D eigenvalue weighted by Crippen LogP contribution is -2.48. The van der Waals surface area contributed by atoms with Crippen LogP contribution in [0.2, 0.25) is 5.02 Å². The molecule has 0 fully saturated rings. The Morgan fingerprint density at radius 1 is 1.16 bits per heavy atom. The minimum atomic E-state index is -1.55. The summed E-state index contributed by atoms with van der Waals surface area (Å²) in [4.78, 5) is 13.9. The van der Waals surface area contributed by atoms with Gasteiger partial charge in [0.15, 0.2) is 0 Å². The van der Waals surface area contributed by atoms with Crippen molar-refractivity contribution in [1.82, 2.24) is 10.2 Å². The number of nitrogens with two attached hydrogens (primary N) is 1. The molecular weight excluding hydrogens is 430 g/mol. The number of nitrogens with one attached hydrogen (secondary N) is 1. The largest absolute Gasteiger partial charge is 0.461 e. The Hall–Kier alpha value is -1.50. The van der Waals surface area contributed by atoms with E-state index in [9.17, 15) is 9.90 Å². The summed E-state index contributed by atoms with van der Waals surface area (Å²) in [5.74, 6) is -0.410. The van der Waals surface area contributed by atoms with Gasteiger partial charge >= 0.3 is 5.97 Å². The molecule has 10 nitrogen and oxygen atoms in total. The maximum atomic E-state index is 11.8. The Labute approximate surface area is 188 Å². The second-order valence-electron chi connectivity index (χ2n) is 6.76. The van der Waals surface area contributed by atoms with Crippen molar-refractivity contribution in [1.29, 1.82) is 0 Å². The van der Waals surface area contributed by atoms with Crippen molar-refractivity contribution in [3.05, 3.63) is 28.8 Å². The SMILES string of the molecule is CCN(CC)CCOC(=O)c1ccc(N)cc1Cl.CNC[C@H](O)[C@@H](O)[C@H](O)[C@H](O)CO. The molecule has 0 aliphatic heterocycles. The van der Waals surface area contributed by atoms with Gasteiger partial charge < -0.3 is 46.2 Å². The van der Waals surface area contributed by atoms with E-state index >= 15 is 0 Å². The Balaban J connectivity index is 0.000000615. The highest BCUT2D eigenvalue weighted by atomic mass is 35.5. The standard InChI is InChI=1S/C13H19ClN2O2.C7H17NO5/c1-3-16(4-2)7-8-18-13(17)11-6-5-10(15)9-12(11)14;1-8-2-4(10)6(12)7(13)5(11)3-9/h5-6,9H,3-4,7-8,15H2,1-2H3;4-13H,2-3H2,1H3/t;4-,5+,6+,7+/m.0/s1. The molecule has 0 aliphatic carbocycles. The van der Waals surface area contributed by atoms with Gasteiger partial charge in [0.2, 0.25) is 0 Å². The van der Waals surface area contributed by atoms with E-state index in [1.54, 1.807) is 25.2 Å². The van der Waals surface area contributed by atoms with E-state index in [2.05, 4.69) is 24.1 Å². The van der Waals surface area contributed by atoms with Gasteiger partial charge in [0, 0.05) is 18.8 Å². The van der Waals surface area contributed by atoms with Gasteiger partial charge in [0.1, 0.15) is 24.9 Å². The number of carbonyl (C=O) groups is 1. The molecule has 0 saturated carbocycles. The van der Waals surface area contributed by atoms with E-state index in [1.807, 2.05) is 0 Å². The maximum Gasteiger partial charge on any atom is 0.339 e. The predicted molar refractivity (Wildman–Crippen MR) is 119 cm³/mol. The Bertz CT molecular complexity index is 635. The summed E-state index contributed by atoms with van der Waals surface area (Å²) < 4.78 is 5.18. The van der Waals surface area contributed by atoms with Gasteiger partial charge in [0.05, 0.1) is 23.3 Å². The van der Waals surface area contributed by atoms with Crippen LogP contribution in [-0.4, -0.2) is 107 Å². The van der Waals surface area contributed by atoms with Crippen LogP contribution in [0.5, 0.6) is 0 Å². The fraction of sp³-hybridized carbons (Fsp3) is 0.650. The van der Waals surface area contributed by atoms with Gasteiger partial charge in [-0.2, -0.15) is 0 Å². The topological polar surface area (TPSA) is 169 Å². The monoisotopic (exact) mass is 465 g/mol. The van der Waals surface area contributed by atoms with Crippen LogP contribution in [-0.2, 0) is 4.74 Å². The van der Waals surface area contributed by atoms with E-state index in [4.69, 9.17) is 42.5 Å². The molecule has 31 heavy (non-hydrogen) atoms. The normalized spacial score (nSPS) is 14.9. The van der Waals surface area contributed by atoms with Crippen molar-refractivity contribution in [3.63, 3.8) is 0 Å². The first-order chi connectivity index (χ1) is 14.6. The molecule has 4 atom stereocenters. The fourth-order valence-electron chi connectivity index (χ4n) is 2.48. The van der Waals surface area contributed by atoms with Crippen molar-refractivity contribution in [2.45, 2.75) is 38.3 Å². The van der Waals surface area contributed by atoms with Crippen LogP contribution in [0.15, 0.2) is 18.2 Å². The van der Waals surface area contributed by atoms with Crippen LogP contribution in [0.4, 0.5) is 5.69 Å². The second kappa shape index (κ2) is 16.2. The van der Waals surface area contributed by atoms with Crippen molar-refractivity contribution < 1.29 is 35.1 Å². The van der Waals surface area contributed by atoms with Crippen LogP contribution in [0.25, 0.3) is 0 Å². The van der Waals surface area contributed by atoms with E-state index in [1.165, 1.54) is 0 Å². The molecule has 0 heterocycles. The molecule has 0 spiro atoms. The molecule has 0 saturated heterocycles. The van der Waals surface area contributed by atoms with Crippen molar-refractivity contribution >= 4 is 23.3 Å². The van der Waals surface area contributed by atoms with Gasteiger partial charge in [0.25, 0.3) is 0 Å². The molecular formula is C20H36ClN3O7. The third kappa shape index (κ3) is 11.1. The summed E-state index contributed by atoms with van der Waals surface area (Å²) in [5.41, 5.74) is 6.44. The lowest BCUT2D eigenvalue weighted by molar-refractivity contribution is -0.113. The zero-order valence-corrected chi connectivity index (χ0v) is 19.0. The Kier molecular flexibility index (Phi) is 15.4. The van der Waals surface area contributed by atoms with Crippen LogP contribution in [0, 0.1) is 0 Å². The lowest BCUT2D eigenvalue weighted by atomic mass is 10.0.